The zero-order valence-corrected chi connectivity index (χ0v) is 13.5. The molecule has 1 aliphatic rings. The van der Waals surface area contributed by atoms with E-state index >= 15 is 0 Å². The highest BCUT2D eigenvalue weighted by Gasteiger charge is 2.18. The summed E-state index contributed by atoms with van der Waals surface area (Å²) >= 11 is 0. The Hall–Kier alpha value is -1.36. The fourth-order valence-corrected chi connectivity index (χ4v) is 2.75. The van der Waals surface area contributed by atoms with Crippen LogP contribution in [-0.4, -0.2) is 39.7 Å². The van der Waals surface area contributed by atoms with E-state index in [4.69, 9.17) is 0 Å². The Morgan fingerprint density at radius 1 is 1.33 bits per heavy atom. The minimum absolute atomic E-state index is 0.137. The summed E-state index contributed by atoms with van der Waals surface area (Å²) in [7, 11) is 0. The number of carbonyl (C=O) groups excluding carboxylic acids is 1. The molecule has 1 aromatic rings. The standard InChI is InChI=1S/C16H28N4O/c1-13(2)20-12-15(11-18-20)10-17-16(21)7-6-14(3)19-8-4-5-9-19/h11-14H,4-10H2,1-3H3,(H,17,21). The molecule has 0 aromatic carbocycles. The summed E-state index contributed by atoms with van der Waals surface area (Å²) in [6, 6.07) is 0.873. The lowest BCUT2D eigenvalue weighted by Crippen LogP contribution is -2.32. The monoisotopic (exact) mass is 292 g/mol. The maximum absolute atomic E-state index is 11.9. The molecule has 2 heterocycles. The van der Waals surface area contributed by atoms with Crippen molar-refractivity contribution >= 4 is 5.91 Å². The van der Waals surface area contributed by atoms with Gasteiger partial charge in [-0.2, -0.15) is 5.10 Å². The zero-order chi connectivity index (χ0) is 15.2. The van der Waals surface area contributed by atoms with Crippen LogP contribution in [0.15, 0.2) is 12.4 Å². The molecule has 0 spiro atoms. The molecule has 5 heteroatoms. The molecule has 0 bridgehead atoms. The maximum atomic E-state index is 11.9. The van der Waals surface area contributed by atoms with Crippen molar-refractivity contribution < 1.29 is 4.79 Å². The Labute approximate surface area is 127 Å². The lowest BCUT2D eigenvalue weighted by Gasteiger charge is -2.23. The van der Waals surface area contributed by atoms with Crippen molar-refractivity contribution in [2.45, 2.75) is 65.1 Å². The summed E-state index contributed by atoms with van der Waals surface area (Å²) in [6.45, 7) is 9.37. The van der Waals surface area contributed by atoms with E-state index in [0.717, 1.165) is 12.0 Å². The van der Waals surface area contributed by atoms with E-state index in [1.54, 1.807) is 0 Å². The Morgan fingerprint density at radius 3 is 2.67 bits per heavy atom. The first-order chi connectivity index (χ1) is 10.1. The van der Waals surface area contributed by atoms with E-state index in [2.05, 4.69) is 36.1 Å². The van der Waals surface area contributed by atoms with Crippen LogP contribution in [-0.2, 0) is 11.3 Å². The van der Waals surface area contributed by atoms with Gasteiger partial charge in [-0.1, -0.05) is 0 Å². The molecule has 0 saturated carbocycles. The molecule has 21 heavy (non-hydrogen) atoms. The van der Waals surface area contributed by atoms with Gasteiger partial charge in [-0.3, -0.25) is 9.48 Å². The number of carbonyl (C=O) groups is 1. The zero-order valence-electron chi connectivity index (χ0n) is 13.5. The largest absolute Gasteiger partial charge is 0.352 e. The van der Waals surface area contributed by atoms with E-state index in [-0.39, 0.29) is 5.91 Å². The molecule has 1 N–H and O–H groups in total. The molecule has 0 radical (unpaired) electrons. The average Bonchev–Trinajstić information content (AvgIpc) is 3.13. The topological polar surface area (TPSA) is 50.2 Å². The number of aromatic nitrogens is 2. The number of hydrogen-bond donors (Lipinski definition) is 1. The smallest absolute Gasteiger partial charge is 0.220 e. The minimum atomic E-state index is 0.137. The highest BCUT2D eigenvalue weighted by molar-refractivity contribution is 5.75. The molecule has 5 nitrogen and oxygen atoms in total. The van der Waals surface area contributed by atoms with Crippen molar-refractivity contribution in [3.63, 3.8) is 0 Å². The van der Waals surface area contributed by atoms with Crippen LogP contribution < -0.4 is 5.32 Å². The van der Waals surface area contributed by atoms with Gasteiger partial charge in [0.05, 0.1) is 6.20 Å². The Bertz CT molecular complexity index is 449. The van der Waals surface area contributed by atoms with E-state index in [0.29, 0.717) is 25.0 Å². The van der Waals surface area contributed by atoms with E-state index in [1.165, 1.54) is 25.9 Å². The van der Waals surface area contributed by atoms with Crippen LogP contribution in [0.5, 0.6) is 0 Å². The quantitative estimate of drug-likeness (QED) is 0.839. The highest BCUT2D eigenvalue weighted by Crippen LogP contribution is 2.14. The summed E-state index contributed by atoms with van der Waals surface area (Å²) < 4.78 is 1.91. The summed E-state index contributed by atoms with van der Waals surface area (Å²) in [5, 5.41) is 7.27. The highest BCUT2D eigenvalue weighted by atomic mass is 16.1. The van der Waals surface area contributed by atoms with E-state index in [1.807, 2.05) is 17.1 Å². The first-order valence-electron chi connectivity index (χ1n) is 8.10. The van der Waals surface area contributed by atoms with Gasteiger partial charge in [0.15, 0.2) is 0 Å². The number of nitrogens with one attached hydrogen (secondary N) is 1. The van der Waals surface area contributed by atoms with E-state index < -0.39 is 0 Å². The van der Waals surface area contributed by atoms with Gasteiger partial charge in [0.25, 0.3) is 0 Å². The van der Waals surface area contributed by atoms with Gasteiger partial charge in [-0.05, 0) is 53.1 Å². The third kappa shape index (κ3) is 4.84. The molecule has 1 fully saturated rings. The normalized spacial score (nSPS) is 17.3. The van der Waals surface area contributed by atoms with Crippen molar-refractivity contribution in [2.75, 3.05) is 13.1 Å². The van der Waals surface area contributed by atoms with E-state index in [9.17, 15) is 4.79 Å². The van der Waals surface area contributed by atoms with Crippen LogP contribution in [0.1, 0.15) is 58.1 Å². The number of nitrogens with zero attached hydrogens (tertiary/aromatic N) is 3. The van der Waals surface area contributed by atoms with Gasteiger partial charge in [-0.15, -0.1) is 0 Å². The summed E-state index contributed by atoms with van der Waals surface area (Å²) in [5.74, 6) is 0.137. The van der Waals surface area contributed by atoms with Gasteiger partial charge in [0, 0.05) is 36.8 Å². The van der Waals surface area contributed by atoms with Crippen LogP contribution >= 0.6 is 0 Å². The fraction of sp³-hybridized carbons (Fsp3) is 0.750. The molecule has 1 unspecified atom stereocenters. The number of likely N-dealkylation sites (tertiary alicyclic amines) is 1. The predicted molar refractivity (Wildman–Crippen MR) is 84.0 cm³/mol. The Balaban J connectivity index is 1.66. The Morgan fingerprint density at radius 2 is 2.05 bits per heavy atom. The third-order valence-electron chi connectivity index (χ3n) is 4.23. The van der Waals surface area contributed by atoms with Gasteiger partial charge < -0.3 is 10.2 Å². The van der Waals surface area contributed by atoms with Crippen LogP contribution in [0.25, 0.3) is 0 Å². The van der Waals surface area contributed by atoms with Gasteiger partial charge >= 0.3 is 0 Å². The summed E-state index contributed by atoms with van der Waals surface area (Å²) in [6.07, 6.45) is 7.98. The van der Waals surface area contributed by atoms with Crippen molar-refractivity contribution in [3.05, 3.63) is 18.0 Å². The number of amides is 1. The number of hydrogen-bond acceptors (Lipinski definition) is 3. The van der Waals surface area contributed by atoms with Crippen LogP contribution in [0.4, 0.5) is 0 Å². The minimum Gasteiger partial charge on any atom is -0.352 e. The van der Waals surface area contributed by atoms with Gasteiger partial charge in [-0.25, -0.2) is 0 Å². The van der Waals surface area contributed by atoms with Crippen molar-refractivity contribution in [3.8, 4) is 0 Å². The molecule has 118 valence electrons. The van der Waals surface area contributed by atoms with Crippen molar-refractivity contribution in [1.82, 2.24) is 20.0 Å². The third-order valence-corrected chi connectivity index (χ3v) is 4.23. The Kier molecular flexibility index (Phi) is 5.79. The second-order valence-corrected chi connectivity index (χ2v) is 6.33. The SMILES string of the molecule is CC(CCC(=O)NCc1cnn(C(C)C)c1)N1CCCC1. The lowest BCUT2D eigenvalue weighted by atomic mass is 10.1. The second kappa shape index (κ2) is 7.59. The molecule has 1 aliphatic heterocycles. The second-order valence-electron chi connectivity index (χ2n) is 6.33. The first-order valence-corrected chi connectivity index (χ1v) is 8.10. The fourth-order valence-electron chi connectivity index (χ4n) is 2.75. The molecule has 1 saturated heterocycles. The molecule has 1 aromatic heterocycles. The average molecular weight is 292 g/mol. The molecule has 0 aliphatic carbocycles. The molecular weight excluding hydrogens is 264 g/mol. The van der Waals surface area contributed by atoms with Gasteiger partial charge in [0.1, 0.15) is 0 Å². The van der Waals surface area contributed by atoms with Crippen LogP contribution in [0, 0.1) is 0 Å². The molecular formula is C16H28N4O. The lowest BCUT2D eigenvalue weighted by molar-refractivity contribution is -0.121. The van der Waals surface area contributed by atoms with Crippen LogP contribution in [0.3, 0.4) is 0 Å². The molecule has 1 atom stereocenters. The van der Waals surface area contributed by atoms with Crippen molar-refractivity contribution in [2.24, 2.45) is 0 Å². The van der Waals surface area contributed by atoms with Crippen molar-refractivity contribution in [1.29, 1.82) is 0 Å². The van der Waals surface area contributed by atoms with Gasteiger partial charge in [0.2, 0.25) is 5.91 Å². The first kappa shape index (κ1) is 16.0. The maximum Gasteiger partial charge on any atom is 0.220 e. The number of rotatable bonds is 7. The molecule has 1 amide bonds. The van der Waals surface area contributed by atoms with Crippen LogP contribution in [0.2, 0.25) is 0 Å². The summed E-state index contributed by atoms with van der Waals surface area (Å²) in [5.41, 5.74) is 1.06. The molecule has 2 rings (SSSR count). The predicted octanol–water partition coefficient (Wildman–Crippen LogP) is 2.34. The summed E-state index contributed by atoms with van der Waals surface area (Å²) in [4.78, 5) is 14.4.